The van der Waals surface area contributed by atoms with E-state index in [1.54, 1.807) is 12.4 Å². The van der Waals surface area contributed by atoms with Gasteiger partial charge in [-0.05, 0) is 44.6 Å². The number of nitrogens with zero attached hydrogens (tertiary/aromatic N) is 5. The minimum atomic E-state index is -0.293. The Morgan fingerprint density at radius 3 is 2.58 bits per heavy atom. The van der Waals surface area contributed by atoms with Crippen molar-refractivity contribution in [1.82, 2.24) is 29.5 Å². The number of ketones is 1. The molecule has 1 saturated carbocycles. The fourth-order valence-electron chi connectivity index (χ4n) is 6.80. The minimum absolute atomic E-state index is 0.0750. The van der Waals surface area contributed by atoms with Gasteiger partial charge in [0.2, 0.25) is 0 Å². The summed E-state index contributed by atoms with van der Waals surface area (Å²) in [6, 6.07) is 15.2. The molecular formula is C33H31N7O3. The van der Waals surface area contributed by atoms with Crippen LogP contribution in [0, 0.1) is 5.92 Å². The van der Waals surface area contributed by atoms with Crippen molar-refractivity contribution in [3.05, 3.63) is 100 Å². The maximum absolute atomic E-state index is 13.5. The standard InChI is InChI=1S/C33H31N7O3/c1-19(41)29-30(23-13-20-7-9-24(14-23)39(18-20)33(43)26-16-35-12-11-28(26)42)38-32-25(17-37-40(32)31(29)34)22-8-10-27(36-15-22)21-5-3-2-4-6-21/h2-6,8,10-12,15-17,20,23-24H,7,9,13-14,18,34H2,1H3,(H,35,42). The Balaban J connectivity index is 1.27. The number of carbonyl (C=O) groups is 2. The second-order valence-electron chi connectivity index (χ2n) is 11.6. The van der Waals surface area contributed by atoms with Crippen molar-refractivity contribution in [3.63, 3.8) is 0 Å². The van der Waals surface area contributed by atoms with Crippen molar-refractivity contribution >= 4 is 23.2 Å². The van der Waals surface area contributed by atoms with E-state index in [4.69, 9.17) is 10.7 Å². The van der Waals surface area contributed by atoms with E-state index >= 15 is 0 Å². The lowest BCUT2D eigenvalue weighted by molar-refractivity contribution is 0.0568. The minimum Gasteiger partial charge on any atom is -0.383 e. The molecule has 2 saturated heterocycles. The predicted molar refractivity (Wildman–Crippen MR) is 163 cm³/mol. The summed E-state index contributed by atoms with van der Waals surface area (Å²) < 4.78 is 1.53. The van der Waals surface area contributed by atoms with Crippen molar-refractivity contribution in [2.24, 2.45) is 5.92 Å². The van der Waals surface area contributed by atoms with Gasteiger partial charge in [0, 0.05) is 59.9 Å². The molecule has 3 atom stereocenters. The molecule has 1 amide bonds. The Hall–Kier alpha value is -5.12. The monoisotopic (exact) mass is 573 g/mol. The van der Waals surface area contributed by atoms with Crippen LogP contribution in [0.5, 0.6) is 0 Å². The van der Waals surface area contributed by atoms with Crippen LogP contribution in [0.15, 0.2) is 78.1 Å². The highest BCUT2D eigenvalue weighted by Crippen LogP contribution is 2.43. The number of pyridine rings is 2. The van der Waals surface area contributed by atoms with Crippen LogP contribution < -0.4 is 11.2 Å². The Morgan fingerprint density at radius 1 is 1.00 bits per heavy atom. The molecule has 10 nitrogen and oxygen atoms in total. The van der Waals surface area contributed by atoms with Gasteiger partial charge in [0.15, 0.2) is 16.9 Å². The number of nitrogens with two attached hydrogens (primary N) is 1. The first-order valence-corrected chi connectivity index (χ1v) is 14.6. The number of H-pyrrole nitrogens is 1. The third kappa shape index (κ3) is 4.68. The van der Waals surface area contributed by atoms with Crippen molar-refractivity contribution in [1.29, 1.82) is 0 Å². The van der Waals surface area contributed by atoms with E-state index in [1.165, 1.54) is 29.9 Å². The van der Waals surface area contributed by atoms with Gasteiger partial charge in [-0.3, -0.25) is 19.4 Å². The average Bonchev–Trinajstić information content (AvgIpc) is 3.23. The number of nitrogens with one attached hydrogen (secondary N) is 1. The van der Waals surface area contributed by atoms with Gasteiger partial charge in [-0.2, -0.15) is 9.61 Å². The summed E-state index contributed by atoms with van der Waals surface area (Å²) in [5, 5.41) is 4.51. The third-order valence-corrected chi connectivity index (χ3v) is 8.89. The molecule has 216 valence electrons. The van der Waals surface area contributed by atoms with E-state index in [2.05, 4.69) is 15.1 Å². The fourth-order valence-corrected chi connectivity index (χ4v) is 6.80. The van der Waals surface area contributed by atoms with Crippen LogP contribution in [0.1, 0.15) is 64.9 Å². The highest BCUT2D eigenvalue weighted by Gasteiger charge is 2.41. The zero-order valence-corrected chi connectivity index (χ0v) is 23.7. The summed E-state index contributed by atoms with van der Waals surface area (Å²) in [6.07, 6.45) is 9.72. The Bertz CT molecular complexity index is 1910. The second kappa shape index (κ2) is 10.6. The van der Waals surface area contributed by atoms with Crippen molar-refractivity contribution in [2.75, 3.05) is 12.3 Å². The molecule has 3 unspecified atom stereocenters. The van der Waals surface area contributed by atoms with Gasteiger partial charge in [0.25, 0.3) is 5.91 Å². The number of piperidine rings is 1. The normalized spacial score (nSPS) is 19.8. The molecule has 3 N–H and O–H groups in total. The Morgan fingerprint density at radius 2 is 1.84 bits per heavy atom. The van der Waals surface area contributed by atoms with Crippen LogP contribution in [0.4, 0.5) is 5.82 Å². The summed E-state index contributed by atoms with van der Waals surface area (Å²) in [6.45, 7) is 2.07. The number of carbonyl (C=O) groups excluding carboxylic acids is 2. The highest BCUT2D eigenvalue weighted by molar-refractivity contribution is 6.00. The van der Waals surface area contributed by atoms with Crippen LogP contribution >= 0.6 is 0 Å². The van der Waals surface area contributed by atoms with Crippen molar-refractivity contribution in [2.45, 2.75) is 44.6 Å². The first-order valence-electron chi connectivity index (χ1n) is 14.6. The lowest BCUT2D eigenvalue weighted by Crippen LogP contribution is -2.46. The van der Waals surface area contributed by atoms with Gasteiger partial charge < -0.3 is 15.6 Å². The van der Waals surface area contributed by atoms with Gasteiger partial charge in [0.05, 0.1) is 23.1 Å². The number of anilines is 1. The maximum atomic E-state index is 13.5. The van der Waals surface area contributed by atoms with E-state index in [1.807, 2.05) is 47.4 Å². The SMILES string of the molecule is CC(=O)c1c(C2CC3CCC(C2)N(C(=O)c2c[nH]ccc2=O)C3)nc2c(-c3ccc(-c4ccccc4)nc3)cnn2c1N. The van der Waals surface area contributed by atoms with E-state index in [0.29, 0.717) is 29.9 Å². The van der Waals surface area contributed by atoms with Crippen LogP contribution in [0.25, 0.3) is 28.0 Å². The number of aromatic nitrogens is 5. The topological polar surface area (TPSA) is 139 Å². The number of aromatic amines is 1. The zero-order chi connectivity index (χ0) is 29.7. The quantitative estimate of drug-likeness (QED) is 0.290. The Labute approximate surface area is 247 Å². The van der Waals surface area contributed by atoms with E-state index in [9.17, 15) is 14.4 Å². The lowest BCUT2D eigenvalue weighted by Gasteiger charge is -2.36. The number of hydrogen-bond acceptors (Lipinski definition) is 7. The summed E-state index contributed by atoms with van der Waals surface area (Å²) in [4.78, 5) is 53.4. The summed E-state index contributed by atoms with van der Waals surface area (Å²) in [5.74, 6) is -0.0388. The van der Waals surface area contributed by atoms with Gasteiger partial charge >= 0.3 is 0 Å². The smallest absolute Gasteiger partial charge is 0.259 e. The molecular weight excluding hydrogens is 542 g/mol. The fraction of sp³-hybridized carbons (Fsp3) is 0.273. The van der Waals surface area contributed by atoms with Gasteiger partial charge in [-0.25, -0.2) is 4.98 Å². The third-order valence-electron chi connectivity index (χ3n) is 8.89. The molecule has 3 aliphatic rings. The maximum Gasteiger partial charge on any atom is 0.259 e. The largest absolute Gasteiger partial charge is 0.383 e. The van der Waals surface area contributed by atoms with Crippen LogP contribution in [0.3, 0.4) is 0 Å². The molecule has 1 aromatic carbocycles. The van der Waals surface area contributed by atoms with Gasteiger partial charge in [-0.1, -0.05) is 36.4 Å². The molecule has 43 heavy (non-hydrogen) atoms. The highest BCUT2D eigenvalue weighted by atomic mass is 16.2. The molecule has 2 bridgehead atoms. The van der Waals surface area contributed by atoms with Crippen molar-refractivity contribution < 1.29 is 9.59 Å². The second-order valence-corrected chi connectivity index (χ2v) is 11.6. The first-order chi connectivity index (χ1) is 20.9. The average molecular weight is 574 g/mol. The Kier molecular flexibility index (Phi) is 6.61. The number of Topliss-reactive ketones (excluding diaryl/α,β-unsaturated/α-hetero) is 1. The van der Waals surface area contributed by atoms with E-state index < -0.39 is 0 Å². The zero-order valence-electron chi connectivity index (χ0n) is 23.7. The summed E-state index contributed by atoms with van der Waals surface area (Å²) in [5.41, 5.74) is 11.6. The summed E-state index contributed by atoms with van der Waals surface area (Å²) in [7, 11) is 0. The molecule has 3 fully saturated rings. The van der Waals surface area contributed by atoms with E-state index in [0.717, 1.165) is 41.6 Å². The molecule has 2 aliphatic heterocycles. The van der Waals surface area contributed by atoms with Crippen LogP contribution in [0.2, 0.25) is 0 Å². The number of amides is 1. The van der Waals surface area contributed by atoms with Gasteiger partial charge in [-0.15, -0.1) is 0 Å². The molecule has 1 aliphatic carbocycles. The van der Waals surface area contributed by atoms with Crippen molar-refractivity contribution in [3.8, 4) is 22.4 Å². The molecule has 0 spiro atoms. The molecule has 10 heteroatoms. The number of benzene rings is 1. The van der Waals surface area contributed by atoms with Gasteiger partial charge in [0.1, 0.15) is 11.4 Å². The number of hydrogen-bond donors (Lipinski definition) is 2. The first kappa shape index (κ1) is 26.8. The van der Waals surface area contributed by atoms with Crippen LogP contribution in [-0.4, -0.2) is 53.7 Å². The number of rotatable bonds is 5. The van der Waals surface area contributed by atoms with Crippen LogP contribution in [-0.2, 0) is 0 Å². The number of fused-ring (bicyclic) bond motifs is 5. The molecule has 6 heterocycles. The van der Waals surface area contributed by atoms with E-state index in [-0.39, 0.29) is 46.4 Å². The number of nitrogen functional groups attached to an aromatic ring is 1. The molecule has 5 aromatic rings. The summed E-state index contributed by atoms with van der Waals surface area (Å²) >= 11 is 0. The predicted octanol–water partition coefficient (Wildman–Crippen LogP) is 4.73. The molecule has 8 rings (SSSR count). The molecule has 0 radical (unpaired) electrons. The lowest BCUT2D eigenvalue weighted by atomic mass is 9.88. The molecule has 4 aromatic heterocycles.